The number of hydrogen-bond acceptors (Lipinski definition) is 2. The van der Waals surface area contributed by atoms with Crippen molar-refractivity contribution in [1.29, 1.82) is 0 Å². The van der Waals surface area contributed by atoms with Gasteiger partial charge in [-0.25, -0.2) is 14.1 Å². The minimum absolute atomic E-state index is 0.339. The van der Waals surface area contributed by atoms with E-state index in [1.54, 1.807) is 10.7 Å². The first kappa shape index (κ1) is 8.87. The first-order valence-corrected chi connectivity index (χ1v) is 4.31. The minimum atomic E-state index is -0.339. The molecule has 2 heterocycles. The van der Waals surface area contributed by atoms with Gasteiger partial charge in [-0.3, -0.25) is 0 Å². The van der Waals surface area contributed by atoms with Crippen LogP contribution in [-0.2, 0) is 0 Å². The molecule has 0 saturated heterocycles. The third-order valence-electron chi connectivity index (χ3n) is 2.09. The quantitative estimate of drug-likeness (QED) is 0.690. The molecule has 0 aliphatic carbocycles. The van der Waals surface area contributed by atoms with Crippen LogP contribution in [0.4, 0.5) is 4.39 Å². The number of aryl methyl sites for hydroxylation is 2. The summed E-state index contributed by atoms with van der Waals surface area (Å²) in [5, 5.41) is 4.24. The molecule has 4 heteroatoms. The van der Waals surface area contributed by atoms with Gasteiger partial charge in [0, 0.05) is 6.20 Å². The predicted molar refractivity (Wildman–Crippen MR) is 50.8 cm³/mol. The van der Waals surface area contributed by atoms with Crippen LogP contribution in [0.25, 0.3) is 5.82 Å². The van der Waals surface area contributed by atoms with Gasteiger partial charge in [-0.2, -0.15) is 5.10 Å². The summed E-state index contributed by atoms with van der Waals surface area (Å²) in [5.41, 5.74) is 2.05. The van der Waals surface area contributed by atoms with Crippen LogP contribution in [0, 0.1) is 19.7 Å². The Morgan fingerprint density at radius 2 is 2.07 bits per heavy atom. The standard InChI is InChI=1S/C10H10FN3/c1-7-6-14(13-8(7)2)10-4-3-9(11)5-12-10/h3-6H,1-2H3. The van der Waals surface area contributed by atoms with Gasteiger partial charge in [0.2, 0.25) is 0 Å². The number of hydrogen-bond donors (Lipinski definition) is 0. The van der Waals surface area contributed by atoms with Crippen LogP contribution in [-0.4, -0.2) is 14.8 Å². The fraction of sp³-hybridized carbons (Fsp3) is 0.200. The largest absolute Gasteiger partial charge is 0.234 e. The van der Waals surface area contributed by atoms with Gasteiger partial charge in [-0.1, -0.05) is 0 Å². The van der Waals surface area contributed by atoms with Crippen LogP contribution in [0.3, 0.4) is 0 Å². The number of pyridine rings is 1. The van der Waals surface area contributed by atoms with E-state index in [1.807, 2.05) is 20.0 Å². The summed E-state index contributed by atoms with van der Waals surface area (Å²) in [4.78, 5) is 3.93. The van der Waals surface area contributed by atoms with Crippen molar-refractivity contribution in [3.05, 3.63) is 41.6 Å². The highest BCUT2D eigenvalue weighted by molar-refractivity contribution is 5.24. The van der Waals surface area contributed by atoms with E-state index in [0.29, 0.717) is 5.82 Å². The predicted octanol–water partition coefficient (Wildman–Crippen LogP) is 2.02. The van der Waals surface area contributed by atoms with Crippen molar-refractivity contribution in [3.8, 4) is 5.82 Å². The van der Waals surface area contributed by atoms with Crippen LogP contribution in [0.2, 0.25) is 0 Å². The Kier molecular flexibility index (Phi) is 2.04. The molecule has 0 amide bonds. The first-order chi connectivity index (χ1) is 6.66. The van der Waals surface area contributed by atoms with E-state index in [4.69, 9.17) is 0 Å². The summed E-state index contributed by atoms with van der Waals surface area (Å²) in [7, 11) is 0. The summed E-state index contributed by atoms with van der Waals surface area (Å²) in [6.45, 7) is 3.90. The van der Waals surface area contributed by atoms with Crippen molar-refractivity contribution in [2.45, 2.75) is 13.8 Å². The molecule has 0 saturated carbocycles. The number of halogens is 1. The second-order valence-electron chi connectivity index (χ2n) is 3.18. The smallest absolute Gasteiger partial charge is 0.153 e. The monoisotopic (exact) mass is 191 g/mol. The fourth-order valence-electron chi connectivity index (χ4n) is 1.17. The third-order valence-corrected chi connectivity index (χ3v) is 2.09. The summed E-state index contributed by atoms with van der Waals surface area (Å²) in [5.74, 6) is 0.289. The zero-order valence-corrected chi connectivity index (χ0v) is 8.03. The maximum Gasteiger partial charge on any atom is 0.153 e. The zero-order chi connectivity index (χ0) is 10.1. The SMILES string of the molecule is Cc1cn(-c2ccc(F)cn2)nc1C. The van der Waals surface area contributed by atoms with Crippen LogP contribution < -0.4 is 0 Å². The molecule has 2 aromatic heterocycles. The highest BCUT2D eigenvalue weighted by Gasteiger charge is 2.02. The average Bonchev–Trinajstić information content (AvgIpc) is 2.48. The van der Waals surface area contributed by atoms with Crippen LogP contribution in [0.1, 0.15) is 11.3 Å². The van der Waals surface area contributed by atoms with Crippen molar-refractivity contribution in [1.82, 2.24) is 14.8 Å². The lowest BCUT2D eigenvalue weighted by Crippen LogP contribution is -1.97. The number of nitrogens with zero attached hydrogens (tertiary/aromatic N) is 3. The van der Waals surface area contributed by atoms with Gasteiger partial charge in [0.05, 0.1) is 11.9 Å². The molecule has 3 nitrogen and oxygen atoms in total. The normalized spacial score (nSPS) is 10.5. The van der Waals surface area contributed by atoms with Crippen molar-refractivity contribution in [2.24, 2.45) is 0 Å². The lowest BCUT2D eigenvalue weighted by Gasteiger charge is -1.98. The molecule has 0 aliphatic rings. The molecule has 0 aromatic carbocycles. The van der Waals surface area contributed by atoms with Crippen LogP contribution in [0.5, 0.6) is 0 Å². The number of rotatable bonds is 1. The summed E-state index contributed by atoms with van der Waals surface area (Å²) >= 11 is 0. The maximum absolute atomic E-state index is 12.6. The van der Waals surface area contributed by atoms with Gasteiger partial charge in [-0.05, 0) is 31.5 Å². The maximum atomic E-state index is 12.6. The lowest BCUT2D eigenvalue weighted by atomic mass is 10.3. The molecule has 0 unspecified atom stereocenters. The van der Waals surface area contributed by atoms with Crippen LogP contribution >= 0.6 is 0 Å². The third kappa shape index (κ3) is 1.51. The second-order valence-corrected chi connectivity index (χ2v) is 3.18. The fourth-order valence-corrected chi connectivity index (χ4v) is 1.17. The summed E-state index contributed by atoms with van der Waals surface area (Å²) in [6, 6.07) is 2.97. The van der Waals surface area contributed by atoms with E-state index in [9.17, 15) is 4.39 Å². The Morgan fingerprint density at radius 3 is 2.57 bits per heavy atom. The Hall–Kier alpha value is -1.71. The first-order valence-electron chi connectivity index (χ1n) is 4.31. The Balaban J connectivity index is 2.44. The molecule has 0 bridgehead atoms. The molecule has 0 atom stereocenters. The van der Waals surface area contributed by atoms with E-state index in [0.717, 1.165) is 11.3 Å². The van der Waals surface area contributed by atoms with Crippen molar-refractivity contribution in [3.63, 3.8) is 0 Å². The summed E-state index contributed by atoms with van der Waals surface area (Å²) in [6.07, 6.45) is 3.05. The van der Waals surface area contributed by atoms with Gasteiger partial charge in [0.25, 0.3) is 0 Å². The Bertz CT molecular complexity index is 425. The zero-order valence-electron chi connectivity index (χ0n) is 8.03. The second kappa shape index (κ2) is 3.21. The van der Waals surface area contributed by atoms with E-state index >= 15 is 0 Å². The molecule has 0 aliphatic heterocycles. The molecule has 0 fully saturated rings. The minimum Gasteiger partial charge on any atom is -0.234 e. The molecule has 14 heavy (non-hydrogen) atoms. The molecular formula is C10H10FN3. The van der Waals surface area contributed by atoms with E-state index in [2.05, 4.69) is 10.1 Å². The van der Waals surface area contributed by atoms with Gasteiger partial charge < -0.3 is 0 Å². The highest BCUT2D eigenvalue weighted by atomic mass is 19.1. The van der Waals surface area contributed by atoms with Gasteiger partial charge in [0.15, 0.2) is 5.82 Å². The molecule has 0 N–H and O–H groups in total. The number of aromatic nitrogens is 3. The van der Waals surface area contributed by atoms with Gasteiger partial charge >= 0.3 is 0 Å². The van der Waals surface area contributed by atoms with E-state index in [1.165, 1.54) is 12.3 Å². The molecule has 0 radical (unpaired) electrons. The van der Waals surface area contributed by atoms with E-state index < -0.39 is 0 Å². The molecule has 2 aromatic rings. The van der Waals surface area contributed by atoms with Crippen LogP contribution in [0.15, 0.2) is 24.5 Å². The molecular weight excluding hydrogens is 181 g/mol. The van der Waals surface area contributed by atoms with Gasteiger partial charge in [0.1, 0.15) is 5.82 Å². The van der Waals surface area contributed by atoms with Crippen molar-refractivity contribution < 1.29 is 4.39 Å². The average molecular weight is 191 g/mol. The van der Waals surface area contributed by atoms with Crippen molar-refractivity contribution >= 4 is 0 Å². The Morgan fingerprint density at radius 1 is 1.29 bits per heavy atom. The molecule has 2 rings (SSSR count). The van der Waals surface area contributed by atoms with E-state index in [-0.39, 0.29) is 5.82 Å². The lowest BCUT2D eigenvalue weighted by molar-refractivity contribution is 0.619. The topological polar surface area (TPSA) is 30.7 Å². The van der Waals surface area contributed by atoms with Crippen molar-refractivity contribution in [2.75, 3.05) is 0 Å². The highest BCUT2D eigenvalue weighted by Crippen LogP contribution is 2.08. The summed E-state index contributed by atoms with van der Waals surface area (Å²) < 4.78 is 14.2. The van der Waals surface area contributed by atoms with Gasteiger partial charge in [-0.15, -0.1) is 0 Å². The molecule has 72 valence electrons. The Labute approximate surface area is 81.2 Å². The molecule has 0 spiro atoms.